The number of hydrogen-bond acceptors (Lipinski definition) is 6. The standard InChI is InChI=1S/C19H17NO6/c1-24-10-11-25-12-13-6-8-14(9-7-13)19(23)26-20-17(21)15-4-2-3-5-16(15)18(20)22/h2-9H,10-12H2,1H3. The zero-order chi connectivity index (χ0) is 18.5. The van der Waals surface area contributed by atoms with Crippen LogP contribution in [0.1, 0.15) is 36.6 Å². The number of ether oxygens (including phenoxy) is 2. The van der Waals surface area contributed by atoms with E-state index in [-0.39, 0.29) is 16.7 Å². The van der Waals surface area contributed by atoms with Crippen LogP contribution in [0.4, 0.5) is 0 Å². The summed E-state index contributed by atoms with van der Waals surface area (Å²) in [4.78, 5) is 41.6. The summed E-state index contributed by atoms with van der Waals surface area (Å²) in [6.07, 6.45) is 0. The van der Waals surface area contributed by atoms with Crippen molar-refractivity contribution < 1.29 is 28.7 Å². The van der Waals surface area contributed by atoms with Crippen molar-refractivity contribution in [2.24, 2.45) is 0 Å². The number of nitrogens with zero attached hydrogens (tertiary/aromatic N) is 1. The van der Waals surface area contributed by atoms with Crippen LogP contribution in [-0.4, -0.2) is 43.2 Å². The Morgan fingerprint density at radius 3 is 2.12 bits per heavy atom. The summed E-state index contributed by atoms with van der Waals surface area (Å²) in [5.41, 5.74) is 1.53. The molecule has 7 heteroatoms. The smallest absolute Gasteiger partial charge is 0.363 e. The normalized spacial score (nSPS) is 13.0. The summed E-state index contributed by atoms with van der Waals surface area (Å²) in [6, 6.07) is 12.8. The Hall–Kier alpha value is -3.03. The first kappa shape index (κ1) is 17.8. The second-order valence-electron chi connectivity index (χ2n) is 5.57. The topological polar surface area (TPSA) is 82.1 Å². The number of carbonyl (C=O) groups excluding carboxylic acids is 3. The molecule has 0 N–H and O–H groups in total. The minimum Gasteiger partial charge on any atom is -0.382 e. The molecule has 0 bridgehead atoms. The highest BCUT2D eigenvalue weighted by Gasteiger charge is 2.38. The highest BCUT2D eigenvalue weighted by molar-refractivity contribution is 6.21. The zero-order valence-electron chi connectivity index (χ0n) is 14.1. The van der Waals surface area contributed by atoms with Gasteiger partial charge in [0.1, 0.15) is 0 Å². The largest absolute Gasteiger partial charge is 0.382 e. The third-order valence-electron chi connectivity index (χ3n) is 3.82. The SMILES string of the molecule is COCCOCc1ccc(C(=O)ON2C(=O)c3ccccc3C2=O)cc1. The molecule has 0 saturated carbocycles. The second-order valence-corrected chi connectivity index (χ2v) is 5.57. The molecule has 0 radical (unpaired) electrons. The fourth-order valence-electron chi connectivity index (χ4n) is 2.45. The number of fused-ring (bicyclic) bond motifs is 1. The van der Waals surface area contributed by atoms with E-state index in [2.05, 4.69) is 0 Å². The van der Waals surface area contributed by atoms with E-state index >= 15 is 0 Å². The average Bonchev–Trinajstić information content (AvgIpc) is 2.91. The molecule has 26 heavy (non-hydrogen) atoms. The van der Waals surface area contributed by atoms with Crippen molar-refractivity contribution >= 4 is 17.8 Å². The molecule has 0 unspecified atom stereocenters. The van der Waals surface area contributed by atoms with Gasteiger partial charge in [0.05, 0.1) is 36.5 Å². The van der Waals surface area contributed by atoms with E-state index in [4.69, 9.17) is 14.3 Å². The molecule has 0 saturated heterocycles. The molecule has 0 aliphatic carbocycles. The number of hydroxylamine groups is 2. The molecule has 1 aliphatic heterocycles. The van der Waals surface area contributed by atoms with Crippen LogP contribution in [0.25, 0.3) is 0 Å². The summed E-state index contributed by atoms with van der Waals surface area (Å²) in [5.74, 6) is -2.09. The van der Waals surface area contributed by atoms with Crippen LogP contribution >= 0.6 is 0 Å². The molecule has 134 valence electrons. The lowest BCUT2D eigenvalue weighted by atomic mass is 10.1. The molecule has 7 nitrogen and oxygen atoms in total. The first-order chi connectivity index (χ1) is 12.6. The van der Waals surface area contributed by atoms with Crippen LogP contribution in [-0.2, 0) is 20.9 Å². The molecule has 0 atom stereocenters. The van der Waals surface area contributed by atoms with E-state index in [9.17, 15) is 14.4 Å². The van der Waals surface area contributed by atoms with Gasteiger partial charge in [0.25, 0.3) is 11.8 Å². The highest BCUT2D eigenvalue weighted by atomic mass is 16.7. The number of imide groups is 1. The van der Waals surface area contributed by atoms with Crippen LogP contribution in [0.2, 0.25) is 0 Å². The number of carbonyl (C=O) groups is 3. The third-order valence-corrected chi connectivity index (χ3v) is 3.82. The molecule has 2 amide bonds. The van der Waals surface area contributed by atoms with Gasteiger partial charge in [-0.1, -0.05) is 29.3 Å². The summed E-state index contributed by atoms with van der Waals surface area (Å²) >= 11 is 0. The molecular formula is C19H17NO6. The highest BCUT2D eigenvalue weighted by Crippen LogP contribution is 2.23. The number of amides is 2. The lowest BCUT2D eigenvalue weighted by Crippen LogP contribution is -2.32. The van der Waals surface area contributed by atoms with Gasteiger partial charge in [0.2, 0.25) is 0 Å². The van der Waals surface area contributed by atoms with Gasteiger partial charge in [-0.15, -0.1) is 0 Å². The predicted octanol–water partition coefficient (Wildman–Crippen LogP) is 2.22. The second kappa shape index (κ2) is 7.90. The van der Waals surface area contributed by atoms with Crippen molar-refractivity contribution in [2.45, 2.75) is 6.61 Å². The Bertz CT molecular complexity index is 795. The molecule has 1 aliphatic rings. The Balaban J connectivity index is 1.62. The van der Waals surface area contributed by atoms with Crippen molar-refractivity contribution in [3.63, 3.8) is 0 Å². The Morgan fingerprint density at radius 2 is 1.54 bits per heavy atom. The van der Waals surface area contributed by atoms with Gasteiger partial charge in [-0.05, 0) is 29.8 Å². The number of benzene rings is 2. The maximum atomic E-state index is 12.2. The Kier molecular flexibility index (Phi) is 5.40. The molecule has 1 heterocycles. The summed E-state index contributed by atoms with van der Waals surface area (Å²) in [7, 11) is 1.60. The maximum Gasteiger partial charge on any atom is 0.363 e. The summed E-state index contributed by atoms with van der Waals surface area (Å²) in [5, 5.41) is 0.495. The molecule has 0 aromatic heterocycles. The van der Waals surface area contributed by atoms with E-state index in [0.717, 1.165) is 5.56 Å². The molecule has 0 spiro atoms. The van der Waals surface area contributed by atoms with Gasteiger partial charge in [0, 0.05) is 7.11 Å². The monoisotopic (exact) mass is 355 g/mol. The minimum absolute atomic E-state index is 0.217. The van der Waals surface area contributed by atoms with Gasteiger partial charge in [0.15, 0.2) is 0 Å². The Morgan fingerprint density at radius 1 is 0.923 bits per heavy atom. The van der Waals surface area contributed by atoms with E-state index in [1.807, 2.05) is 0 Å². The first-order valence-electron chi connectivity index (χ1n) is 7.97. The molecule has 2 aromatic carbocycles. The van der Waals surface area contributed by atoms with Gasteiger partial charge >= 0.3 is 5.97 Å². The third kappa shape index (κ3) is 3.63. The fourth-order valence-corrected chi connectivity index (χ4v) is 2.45. The fraction of sp³-hybridized carbons (Fsp3) is 0.211. The quantitative estimate of drug-likeness (QED) is 0.559. The van der Waals surface area contributed by atoms with Crippen LogP contribution in [0, 0.1) is 0 Å². The van der Waals surface area contributed by atoms with Crippen molar-refractivity contribution in [2.75, 3.05) is 20.3 Å². The van der Waals surface area contributed by atoms with Crippen LogP contribution < -0.4 is 0 Å². The lowest BCUT2D eigenvalue weighted by molar-refractivity contribution is -0.0584. The van der Waals surface area contributed by atoms with E-state index < -0.39 is 17.8 Å². The van der Waals surface area contributed by atoms with E-state index in [1.165, 1.54) is 12.1 Å². The average molecular weight is 355 g/mol. The van der Waals surface area contributed by atoms with Gasteiger partial charge in [-0.3, -0.25) is 9.59 Å². The zero-order valence-corrected chi connectivity index (χ0v) is 14.1. The lowest BCUT2D eigenvalue weighted by Gasteiger charge is -2.12. The van der Waals surface area contributed by atoms with E-state index in [1.54, 1.807) is 43.5 Å². The van der Waals surface area contributed by atoms with Crippen LogP contribution in [0.3, 0.4) is 0 Å². The van der Waals surface area contributed by atoms with E-state index in [0.29, 0.717) is 24.9 Å². The number of rotatable bonds is 7. The van der Waals surface area contributed by atoms with Crippen molar-refractivity contribution in [1.29, 1.82) is 0 Å². The minimum atomic E-state index is -0.786. The van der Waals surface area contributed by atoms with Gasteiger partial charge < -0.3 is 14.3 Å². The molecule has 0 fully saturated rings. The van der Waals surface area contributed by atoms with Crippen LogP contribution in [0.15, 0.2) is 48.5 Å². The van der Waals surface area contributed by atoms with Crippen molar-refractivity contribution in [3.8, 4) is 0 Å². The predicted molar refractivity (Wildman–Crippen MR) is 90.3 cm³/mol. The summed E-state index contributed by atoms with van der Waals surface area (Å²) in [6.45, 7) is 1.36. The molecule has 2 aromatic rings. The number of hydrogen-bond donors (Lipinski definition) is 0. The van der Waals surface area contributed by atoms with Gasteiger partial charge in [-0.25, -0.2) is 4.79 Å². The first-order valence-corrected chi connectivity index (χ1v) is 7.97. The van der Waals surface area contributed by atoms with Crippen LogP contribution in [0.5, 0.6) is 0 Å². The maximum absolute atomic E-state index is 12.2. The molecule has 3 rings (SSSR count). The summed E-state index contributed by atoms with van der Waals surface area (Å²) < 4.78 is 10.3. The van der Waals surface area contributed by atoms with Crippen molar-refractivity contribution in [3.05, 3.63) is 70.8 Å². The number of methoxy groups -OCH3 is 1. The van der Waals surface area contributed by atoms with Gasteiger partial charge in [-0.2, -0.15) is 0 Å². The van der Waals surface area contributed by atoms with Crippen molar-refractivity contribution in [1.82, 2.24) is 5.06 Å². The molecular weight excluding hydrogens is 338 g/mol. The Labute approximate surface area is 150 Å².